The Kier molecular flexibility index (Phi) is 6.94. The van der Waals surface area contributed by atoms with Gasteiger partial charge in [-0.1, -0.05) is 0 Å². The van der Waals surface area contributed by atoms with Crippen molar-refractivity contribution in [1.29, 1.82) is 0 Å². The maximum absolute atomic E-state index is 12.9. The number of thiophene rings is 1. The molecule has 0 bridgehead atoms. The Hall–Kier alpha value is -1.77. The zero-order valence-electron chi connectivity index (χ0n) is 17.0. The van der Waals surface area contributed by atoms with E-state index in [1.165, 1.54) is 16.9 Å². The number of unbranched alkanes of at least 4 members (excludes halogenated alkanes) is 1. The summed E-state index contributed by atoms with van der Waals surface area (Å²) >= 11 is 1.66. The monoisotopic (exact) mass is 418 g/mol. The van der Waals surface area contributed by atoms with Crippen LogP contribution >= 0.6 is 11.3 Å². The molecule has 29 heavy (non-hydrogen) atoms. The zero-order valence-corrected chi connectivity index (χ0v) is 17.8. The van der Waals surface area contributed by atoms with Crippen LogP contribution in [0.2, 0.25) is 0 Å². The molecule has 158 valence electrons. The normalized spacial score (nSPS) is 17.4. The number of aromatic nitrogens is 2. The average molecular weight is 419 g/mol. The largest absolute Gasteiger partial charge is 0.379 e. The first-order valence-corrected chi connectivity index (χ1v) is 11.6. The lowest BCUT2D eigenvalue weighted by atomic mass is 9.97. The third kappa shape index (κ3) is 5.05. The molecule has 1 fully saturated rings. The molecule has 1 aliphatic carbocycles. The quantitative estimate of drug-likeness (QED) is 0.663. The van der Waals surface area contributed by atoms with E-state index in [4.69, 9.17) is 4.74 Å². The highest BCUT2D eigenvalue weighted by atomic mass is 32.1. The summed E-state index contributed by atoms with van der Waals surface area (Å²) in [4.78, 5) is 34.1. The molecule has 4 rings (SSSR count). The van der Waals surface area contributed by atoms with Gasteiger partial charge in [0.2, 0.25) is 5.91 Å². The molecule has 3 heterocycles. The van der Waals surface area contributed by atoms with Gasteiger partial charge in [-0.05, 0) is 50.6 Å². The number of carbonyl (C=O) groups excluding carboxylic acids is 1. The van der Waals surface area contributed by atoms with Crippen LogP contribution in [-0.4, -0.2) is 59.8 Å². The number of hydrogen-bond donors (Lipinski definition) is 1. The highest BCUT2D eigenvalue weighted by molar-refractivity contribution is 7.18. The molecule has 0 spiro atoms. The van der Waals surface area contributed by atoms with Crippen LogP contribution in [0.1, 0.15) is 42.5 Å². The second kappa shape index (κ2) is 9.82. The summed E-state index contributed by atoms with van der Waals surface area (Å²) in [5, 5.41) is 3.76. The Morgan fingerprint density at radius 2 is 2.00 bits per heavy atom. The molecule has 2 aromatic rings. The van der Waals surface area contributed by atoms with E-state index >= 15 is 0 Å². The molecule has 0 atom stereocenters. The van der Waals surface area contributed by atoms with Crippen LogP contribution in [-0.2, 0) is 28.9 Å². The molecule has 7 nitrogen and oxygen atoms in total. The van der Waals surface area contributed by atoms with Crippen LogP contribution in [0.4, 0.5) is 0 Å². The maximum atomic E-state index is 12.9. The molecule has 8 heteroatoms. The van der Waals surface area contributed by atoms with Crippen LogP contribution < -0.4 is 10.9 Å². The Labute approximate surface area is 175 Å². The fraction of sp³-hybridized carbons (Fsp3) is 0.667. The second-order valence-corrected chi connectivity index (χ2v) is 8.98. The minimum Gasteiger partial charge on any atom is -0.379 e. The van der Waals surface area contributed by atoms with Crippen LogP contribution in [0, 0.1) is 0 Å². The van der Waals surface area contributed by atoms with Crippen molar-refractivity contribution in [3.8, 4) is 0 Å². The van der Waals surface area contributed by atoms with Gasteiger partial charge in [0.25, 0.3) is 5.56 Å². The van der Waals surface area contributed by atoms with Crippen molar-refractivity contribution in [2.24, 2.45) is 0 Å². The summed E-state index contributed by atoms with van der Waals surface area (Å²) in [6, 6.07) is 0. The number of amides is 1. The van der Waals surface area contributed by atoms with Gasteiger partial charge in [0, 0.05) is 37.5 Å². The van der Waals surface area contributed by atoms with E-state index in [-0.39, 0.29) is 11.5 Å². The van der Waals surface area contributed by atoms with Crippen molar-refractivity contribution in [3.63, 3.8) is 0 Å². The van der Waals surface area contributed by atoms with Gasteiger partial charge in [0.15, 0.2) is 0 Å². The Morgan fingerprint density at radius 3 is 2.86 bits per heavy atom. The summed E-state index contributed by atoms with van der Waals surface area (Å²) in [5.74, 6) is -0.00397. The molecular formula is C21H30N4O3S. The smallest absolute Gasteiger partial charge is 0.262 e. The Morgan fingerprint density at radius 1 is 1.17 bits per heavy atom. The van der Waals surface area contributed by atoms with Crippen molar-refractivity contribution >= 4 is 27.5 Å². The molecule has 0 radical (unpaired) electrons. The minimum absolute atomic E-state index is 0.00397. The minimum atomic E-state index is -0.00397. The van der Waals surface area contributed by atoms with Crippen molar-refractivity contribution in [2.45, 2.75) is 51.5 Å². The van der Waals surface area contributed by atoms with Gasteiger partial charge in [0.05, 0.1) is 24.9 Å². The number of rotatable bonds is 8. The van der Waals surface area contributed by atoms with E-state index in [0.29, 0.717) is 19.5 Å². The zero-order chi connectivity index (χ0) is 20.1. The van der Waals surface area contributed by atoms with Gasteiger partial charge >= 0.3 is 0 Å². The molecule has 0 unspecified atom stereocenters. The van der Waals surface area contributed by atoms with Crippen molar-refractivity contribution < 1.29 is 9.53 Å². The molecule has 1 saturated heterocycles. The Balaban J connectivity index is 1.23. The predicted octanol–water partition coefficient (Wildman–Crippen LogP) is 1.96. The molecule has 1 aliphatic heterocycles. The molecule has 0 saturated carbocycles. The number of nitrogens with one attached hydrogen (secondary N) is 1. The predicted molar refractivity (Wildman–Crippen MR) is 115 cm³/mol. The molecule has 1 N–H and O–H groups in total. The molecule has 0 aromatic carbocycles. The van der Waals surface area contributed by atoms with E-state index < -0.39 is 0 Å². The summed E-state index contributed by atoms with van der Waals surface area (Å²) in [6.07, 6.45) is 8.32. The highest BCUT2D eigenvalue weighted by Crippen LogP contribution is 2.33. The summed E-state index contributed by atoms with van der Waals surface area (Å²) < 4.78 is 6.95. The SMILES string of the molecule is O=C(CCn1cnc2sc3c(c2c1=O)CCCC3)NCCCCN1CCOCC1. The topological polar surface area (TPSA) is 76.5 Å². The van der Waals surface area contributed by atoms with E-state index in [1.807, 2.05) is 0 Å². The van der Waals surface area contributed by atoms with Crippen LogP contribution in [0.15, 0.2) is 11.1 Å². The lowest BCUT2D eigenvalue weighted by Gasteiger charge is -2.26. The van der Waals surface area contributed by atoms with Crippen molar-refractivity contribution in [1.82, 2.24) is 19.8 Å². The molecule has 2 aliphatic rings. The van der Waals surface area contributed by atoms with Gasteiger partial charge in [-0.2, -0.15) is 0 Å². The van der Waals surface area contributed by atoms with E-state index in [1.54, 1.807) is 22.2 Å². The second-order valence-electron chi connectivity index (χ2n) is 7.90. The number of hydrogen-bond acceptors (Lipinski definition) is 6. The van der Waals surface area contributed by atoms with Gasteiger partial charge in [-0.15, -0.1) is 11.3 Å². The third-order valence-electron chi connectivity index (χ3n) is 5.85. The number of carbonyl (C=O) groups is 1. The third-order valence-corrected chi connectivity index (χ3v) is 7.05. The fourth-order valence-electron chi connectivity index (χ4n) is 4.16. The summed E-state index contributed by atoms with van der Waals surface area (Å²) in [6.45, 7) is 5.79. The number of nitrogens with zero attached hydrogens (tertiary/aromatic N) is 3. The van der Waals surface area contributed by atoms with Crippen LogP contribution in [0.25, 0.3) is 10.2 Å². The Bertz CT molecular complexity index is 901. The first-order valence-electron chi connectivity index (χ1n) is 10.8. The van der Waals surface area contributed by atoms with Gasteiger partial charge in [-0.3, -0.25) is 19.1 Å². The lowest BCUT2D eigenvalue weighted by Crippen LogP contribution is -2.37. The number of ether oxygens (including phenoxy) is 1. The maximum Gasteiger partial charge on any atom is 0.262 e. The standard InChI is InChI=1S/C21H30N4O3S/c26-18(22-8-3-4-9-24-11-13-28-14-12-24)7-10-25-15-23-20-19(21(25)27)16-5-1-2-6-17(16)29-20/h15H,1-14H2,(H,22,26). The molecule has 1 amide bonds. The summed E-state index contributed by atoms with van der Waals surface area (Å²) in [5.41, 5.74) is 1.21. The van der Waals surface area contributed by atoms with Gasteiger partial charge < -0.3 is 10.1 Å². The van der Waals surface area contributed by atoms with Crippen LogP contribution in [0.3, 0.4) is 0 Å². The molecular weight excluding hydrogens is 388 g/mol. The van der Waals surface area contributed by atoms with Crippen molar-refractivity contribution in [2.75, 3.05) is 39.4 Å². The first kappa shape index (κ1) is 20.5. The van der Waals surface area contributed by atoms with Crippen molar-refractivity contribution in [3.05, 3.63) is 27.1 Å². The van der Waals surface area contributed by atoms with Gasteiger partial charge in [-0.25, -0.2) is 4.98 Å². The molecule has 2 aromatic heterocycles. The average Bonchev–Trinajstić information content (AvgIpc) is 3.13. The summed E-state index contributed by atoms with van der Waals surface area (Å²) in [7, 11) is 0. The number of morpholine rings is 1. The van der Waals surface area contributed by atoms with E-state index in [0.717, 1.165) is 75.2 Å². The first-order chi connectivity index (χ1) is 14.2. The van der Waals surface area contributed by atoms with Gasteiger partial charge in [0.1, 0.15) is 4.83 Å². The van der Waals surface area contributed by atoms with Crippen LogP contribution in [0.5, 0.6) is 0 Å². The fourth-order valence-corrected chi connectivity index (χ4v) is 5.38. The highest BCUT2D eigenvalue weighted by Gasteiger charge is 2.20. The lowest BCUT2D eigenvalue weighted by molar-refractivity contribution is -0.121. The number of aryl methyl sites for hydroxylation is 3. The van der Waals surface area contributed by atoms with E-state index in [2.05, 4.69) is 15.2 Å². The van der Waals surface area contributed by atoms with E-state index in [9.17, 15) is 9.59 Å². The number of fused-ring (bicyclic) bond motifs is 3.